The van der Waals surface area contributed by atoms with E-state index in [-0.39, 0.29) is 23.4 Å². The quantitative estimate of drug-likeness (QED) is 0.449. The number of fused-ring (bicyclic) bond motifs is 1. The molecular weight excluding hydrogens is 340 g/mol. The van der Waals surface area contributed by atoms with Gasteiger partial charge in [-0.2, -0.15) is 0 Å². The predicted molar refractivity (Wildman–Crippen MR) is 96.0 cm³/mol. The summed E-state index contributed by atoms with van der Waals surface area (Å²) in [6.45, 7) is 5.31. The lowest BCUT2D eigenvalue weighted by Crippen LogP contribution is -2.14. The van der Waals surface area contributed by atoms with Crippen molar-refractivity contribution in [3.8, 4) is 11.5 Å². The van der Waals surface area contributed by atoms with Crippen molar-refractivity contribution in [3.05, 3.63) is 63.9 Å². The van der Waals surface area contributed by atoms with Crippen molar-refractivity contribution in [2.75, 3.05) is 0 Å². The SMILES string of the molecule is Cc1cc(OC(=O)C(C)C)cc2c1C(=O)/C(=C/c1ccc(Cl)cc1)O2. The lowest BCUT2D eigenvalue weighted by Gasteiger charge is -2.09. The molecule has 1 aliphatic heterocycles. The van der Waals surface area contributed by atoms with Gasteiger partial charge in [0.1, 0.15) is 11.5 Å². The van der Waals surface area contributed by atoms with Crippen molar-refractivity contribution in [3.63, 3.8) is 0 Å². The zero-order chi connectivity index (χ0) is 18.1. The average molecular weight is 357 g/mol. The molecule has 5 heteroatoms. The van der Waals surface area contributed by atoms with Gasteiger partial charge < -0.3 is 9.47 Å². The van der Waals surface area contributed by atoms with Crippen molar-refractivity contribution in [1.29, 1.82) is 0 Å². The lowest BCUT2D eigenvalue weighted by molar-refractivity contribution is -0.137. The molecule has 25 heavy (non-hydrogen) atoms. The number of carbonyl (C=O) groups excluding carboxylic acids is 2. The molecular formula is C20H17ClO4. The summed E-state index contributed by atoms with van der Waals surface area (Å²) in [5, 5.41) is 0.622. The number of rotatable bonds is 3. The van der Waals surface area contributed by atoms with Crippen LogP contribution < -0.4 is 9.47 Å². The Labute approximate surface area is 151 Å². The molecule has 0 bridgehead atoms. The van der Waals surface area contributed by atoms with E-state index in [0.29, 0.717) is 27.6 Å². The monoisotopic (exact) mass is 356 g/mol. The van der Waals surface area contributed by atoms with E-state index in [1.807, 2.05) is 0 Å². The number of allylic oxidation sites excluding steroid dienone is 1. The normalized spacial score (nSPS) is 14.6. The standard InChI is InChI=1S/C20H17ClO4/c1-11(2)20(23)24-15-8-12(3)18-16(10-15)25-17(19(18)22)9-13-4-6-14(21)7-5-13/h4-11H,1-3H3/b17-9-. The molecule has 4 nitrogen and oxygen atoms in total. The highest BCUT2D eigenvalue weighted by molar-refractivity contribution is 6.30. The highest BCUT2D eigenvalue weighted by Crippen LogP contribution is 2.37. The van der Waals surface area contributed by atoms with Crippen LogP contribution in [0, 0.1) is 12.8 Å². The van der Waals surface area contributed by atoms with Gasteiger partial charge in [-0.15, -0.1) is 0 Å². The molecule has 2 aromatic rings. The minimum absolute atomic E-state index is 0.191. The molecule has 0 unspecified atom stereocenters. The molecule has 0 N–H and O–H groups in total. The molecule has 0 fully saturated rings. The summed E-state index contributed by atoms with van der Waals surface area (Å²) >= 11 is 5.87. The fourth-order valence-electron chi connectivity index (χ4n) is 2.48. The van der Waals surface area contributed by atoms with Crippen molar-refractivity contribution in [2.45, 2.75) is 20.8 Å². The number of benzene rings is 2. The Morgan fingerprint density at radius 1 is 1.20 bits per heavy atom. The Bertz CT molecular complexity index is 879. The minimum Gasteiger partial charge on any atom is -0.452 e. The maximum atomic E-state index is 12.6. The number of carbonyl (C=O) groups is 2. The molecule has 1 heterocycles. The van der Waals surface area contributed by atoms with E-state index in [0.717, 1.165) is 5.56 Å². The Morgan fingerprint density at radius 2 is 1.88 bits per heavy atom. The van der Waals surface area contributed by atoms with Crippen molar-refractivity contribution >= 4 is 29.4 Å². The second kappa shape index (κ2) is 6.73. The maximum Gasteiger partial charge on any atom is 0.313 e. The summed E-state index contributed by atoms with van der Waals surface area (Å²) in [4.78, 5) is 24.4. The number of Topliss-reactive ketones (excluding diaryl/α,β-unsaturated/α-hetero) is 1. The number of hydrogen-bond acceptors (Lipinski definition) is 4. The lowest BCUT2D eigenvalue weighted by atomic mass is 10.0. The first-order chi connectivity index (χ1) is 11.8. The number of hydrogen-bond donors (Lipinski definition) is 0. The smallest absolute Gasteiger partial charge is 0.313 e. The maximum absolute atomic E-state index is 12.6. The Kier molecular flexibility index (Phi) is 4.64. The fraction of sp³-hybridized carbons (Fsp3) is 0.200. The van der Waals surface area contributed by atoms with Crippen LogP contribution in [0.25, 0.3) is 6.08 Å². The third kappa shape index (κ3) is 3.59. The van der Waals surface area contributed by atoms with Gasteiger partial charge in [0.2, 0.25) is 5.78 Å². The van der Waals surface area contributed by atoms with Crippen LogP contribution in [0.3, 0.4) is 0 Å². The molecule has 0 aliphatic carbocycles. The minimum atomic E-state index is -0.333. The summed E-state index contributed by atoms with van der Waals surface area (Å²) in [7, 11) is 0. The van der Waals surface area contributed by atoms with Crippen LogP contribution in [0.2, 0.25) is 5.02 Å². The van der Waals surface area contributed by atoms with E-state index >= 15 is 0 Å². The number of esters is 1. The molecule has 0 spiro atoms. The highest BCUT2D eigenvalue weighted by Gasteiger charge is 2.30. The number of aryl methyl sites for hydroxylation is 1. The molecule has 0 radical (unpaired) electrons. The van der Waals surface area contributed by atoms with Crippen LogP contribution in [0.4, 0.5) is 0 Å². The molecule has 0 saturated heterocycles. The van der Waals surface area contributed by atoms with Crippen molar-refractivity contribution < 1.29 is 19.1 Å². The Balaban J connectivity index is 1.91. The first-order valence-corrected chi connectivity index (χ1v) is 8.29. The number of halogens is 1. The number of ketones is 1. The molecule has 0 amide bonds. The highest BCUT2D eigenvalue weighted by atomic mass is 35.5. The van der Waals surface area contributed by atoms with Crippen LogP contribution in [-0.2, 0) is 4.79 Å². The molecule has 0 aromatic heterocycles. The van der Waals surface area contributed by atoms with E-state index in [4.69, 9.17) is 21.1 Å². The molecule has 3 rings (SSSR count). The van der Waals surface area contributed by atoms with Gasteiger partial charge in [0, 0.05) is 11.1 Å². The predicted octanol–water partition coefficient (Wildman–Crippen LogP) is 4.83. The third-order valence-electron chi connectivity index (χ3n) is 3.80. The molecule has 2 aromatic carbocycles. The van der Waals surface area contributed by atoms with Gasteiger partial charge >= 0.3 is 5.97 Å². The topological polar surface area (TPSA) is 52.6 Å². The van der Waals surface area contributed by atoms with Crippen LogP contribution in [0.1, 0.15) is 35.3 Å². The van der Waals surface area contributed by atoms with Gasteiger partial charge in [0.05, 0.1) is 11.5 Å². The van der Waals surface area contributed by atoms with Crippen molar-refractivity contribution in [1.82, 2.24) is 0 Å². The second-order valence-electron chi connectivity index (χ2n) is 6.18. The van der Waals surface area contributed by atoms with E-state index in [1.165, 1.54) is 0 Å². The summed E-state index contributed by atoms with van der Waals surface area (Å²) in [5.74, 6) is 0.237. The zero-order valence-corrected chi connectivity index (χ0v) is 14.9. The van der Waals surface area contributed by atoms with Crippen LogP contribution in [0.15, 0.2) is 42.2 Å². The summed E-state index contributed by atoms with van der Waals surface area (Å²) < 4.78 is 11.0. The molecule has 0 atom stereocenters. The average Bonchev–Trinajstić information content (AvgIpc) is 2.85. The summed E-state index contributed by atoms with van der Waals surface area (Å²) in [6, 6.07) is 10.3. The van der Waals surface area contributed by atoms with Gasteiger partial charge in [-0.25, -0.2) is 0 Å². The van der Waals surface area contributed by atoms with Gasteiger partial charge in [0.25, 0.3) is 0 Å². The first-order valence-electron chi connectivity index (χ1n) is 7.91. The van der Waals surface area contributed by atoms with E-state index in [1.54, 1.807) is 63.2 Å². The van der Waals surface area contributed by atoms with Crippen LogP contribution in [-0.4, -0.2) is 11.8 Å². The Hall–Kier alpha value is -2.59. The second-order valence-corrected chi connectivity index (χ2v) is 6.62. The molecule has 1 aliphatic rings. The van der Waals surface area contributed by atoms with Crippen molar-refractivity contribution in [2.24, 2.45) is 5.92 Å². The number of ether oxygens (including phenoxy) is 2. The van der Waals surface area contributed by atoms with Gasteiger partial charge in [0.15, 0.2) is 5.76 Å². The first kappa shape index (κ1) is 17.2. The van der Waals surface area contributed by atoms with Gasteiger partial charge in [-0.3, -0.25) is 9.59 Å². The van der Waals surface area contributed by atoms with E-state index in [9.17, 15) is 9.59 Å². The fourth-order valence-corrected chi connectivity index (χ4v) is 2.61. The zero-order valence-electron chi connectivity index (χ0n) is 14.1. The van der Waals surface area contributed by atoms with Crippen LogP contribution >= 0.6 is 11.6 Å². The van der Waals surface area contributed by atoms with Crippen LogP contribution in [0.5, 0.6) is 11.5 Å². The Morgan fingerprint density at radius 3 is 2.52 bits per heavy atom. The van der Waals surface area contributed by atoms with Gasteiger partial charge in [-0.05, 0) is 42.3 Å². The molecule has 128 valence electrons. The summed E-state index contributed by atoms with van der Waals surface area (Å²) in [6.07, 6.45) is 1.66. The summed E-state index contributed by atoms with van der Waals surface area (Å²) in [5.41, 5.74) is 2.00. The largest absolute Gasteiger partial charge is 0.452 e. The van der Waals surface area contributed by atoms with Gasteiger partial charge in [-0.1, -0.05) is 37.6 Å². The third-order valence-corrected chi connectivity index (χ3v) is 4.05. The molecule has 0 saturated carbocycles. The van der Waals surface area contributed by atoms with E-state index < -0.39 is 0 Å². The van der Waals surface area contributed by atoms with E-state index in [2.05, 4.69) is 0 Å².